The van der Waals surface area contributed by atoms with Crippen molar-refractivity contribution in [2.45, 2.75) is 52.4 Å². The minimum absolute atomic E-state index is 0.283. The van der Waals surface area contributed by atoms with Crippen LogP contribution in [0, 0.1) is 0 Å². The molecule has 0 fully saturated rings. The van der Waals surface area contributed by atoms with Gasteiger partial charge in [-0.05, 0) is 48.5 Å². The fraction of sp³-hybridized carbons (Fsp3) is 0.256. The Balaban J connectivity index is 1.37. The SMILES string of the molecule is CN1CN(c2cccc(Oc3cc4c(cc3-c3nc(C(C)(C)C)nc(C(C)(C)C)n3)c3ccccc3n4-c3cccc[n+]3C)c2)c2ccccc21. The molecule has 0 radical (unpaired) electrons. The first-order chi connectivity index (χ1) is 24.4. The number of anilines is 3. The Morgan fingerprint density at radius 3 is 2.08 bits per heavy atom. The third-order valence-corrected chi connectivity index (χ3v) is 9.54. The van der Waals surface area contributed by atoms with Gasteiger partial charge in [0.25, 0.3) is 5.82 Å². The van der Waals surface area contributed by atoms with Gasteiger partial charge in [0.05, 0.1) is 36.9 Å². The lowest BCUT2D eigenvalue weighted by Gasteiger charge is -2.23. The molecule has 0 atom stereocenters. The van der Waals surface area contributed by atoms with Crippen molar-refractivity contribution in [3.8, 4) is 28.7 Å². The molecule has 4 heterocycles. The molecule has 0 unspecified atom stereocenters. The highest BCUT2D eigenvalue weighted by atomic mass is 16.5. The Labute approximate surface area is 299 Å². The number of hydrogen-bond acceptors (Lipinski definition) is 6. The van der Waals surface area contributed by atoms with E-state index in [-0.39, 0.29) is 10.8 Å². The zero-order valence-electron chi connectivity index (χ0n) is 30.6. The second-order valence-corrected chi connectivity index (χ2v) is 15.5. The van der Waals surface area contributed by atoms with Crippen LogP contribution in [0.5, 0.6) is 11.5 Å². The molecule has 7 aromatic rings. The number of nitrogens with zero attached hydrogens (tertiary/aromatic N) is 7. The summed E-state index contributed by atoms with van der Waals surface area (Å²) in [4.78, 5) is 19.8. The molecule has 0 bridgehead atoms. The molecule has 8 nitrogen and oxygen atoms in total. The normalized spacial score (nSPS) is 13.3. The fourth-order valence-electron chi connectivity index (χ4n) is 6.86. The molecule has 1 aliphatic heterocycles. The number of ether oxygens (including phenoxy) is 1. The van der Waals surface area contributed by atoms with Gasteiger partial charge in [-0.1, -0.05) is 77.9 Å². The number of aryl methyl sites for hydroxylation is 1. The van der Waals surface area contributed by atoms with Crippen molar-refractivity contribution >= 4 is 38.9 Å². The Kier molecular flexibility index (Phi) is 7.59. The molecule has 0 N–H and O–H groups in total. The first kappa shape index (κ1) is 32.4. The number of hydrogen-bond donors (Lipinski definition) is 0. The quantitative estimate of drug-likeness (QED) is 0.170. The lowest BCUT2D eigenvalue weighted by atomic mass is 9.93. The van der Waals surface area contributed by atoms with Gasteiger partial charge >= 0.3 is 0 Å². The van der Waals surface area contributed by atoms with E-state index in [1.807, 2.05) is 12.1 Å². The molecule has 4 aromatic carbocycles. The summed E-state index contributed by atoms with van der Waals surface area (Å²) in [5, 5.41) is 2.24. The molecule has 0 saturated carbocycles. The van der Waals surface area contributed by atoms with Crippen LogP contribution in [-0.4, -0.2) is 33.2 Å². The number of para-hydroxylation sites is 3. The van der Waals surface area contributed by atoms with Crippen LogP contribution in [0.2, 0.25) is 0 Å². The Hall–Kier alpha value is -5.76. The third kappa shape index (κ3) is 5.74. The van der Waals surface area contributed by atoms with Gasteiger partial charge in [0.15, 0.2) is 5.82 Å². The number of pyridine rings is 1. The van der Waals surface area contributed by atoms with E-state index < -0.39 is 0 Å². The van der Waals surface area contributed by atoms with E-state index in [0.29, 0.717) is 11.6 Å². The Morgan fingerprint density at radius 1 is 0.667 bits per heavy atom. The minimum atomic E-state index is -0.283. The van der Waals surface area contributed by atoms with Gasteiger partial charge in [0, 0.05) is 52.5 Å². The van der Waals surface area contributed by atoms with E-state index >= 15 is 0 Å². The zero-order chi connectivity index (χ0) is 35.7. The summed E-state index contributed by atoms with van der Waals surface area (Å²) in [6.45, 7) is 13.6. The van der Waals surface area contributed by atoms with Crippen molar-refractivity contribution < 1.29 is 9.30 Å². The van der Waals surface area contributed by atoms with Gasteiger partial charge < -0.3 is 14.5 Å². The average Bonchev–Trinajstić information content (AvgIpc) is 3.61. The maximum atomic E-state index is 6.99. The van der Waals surface area contributed by atoms with Crippen molar-refractivity contribution in [3.63, 3.8) is 0 Å². The summed E-state index contributed by atoms with van der Waals surface area (Å²) >= 11 is 0. The van der Waals surface area contributed by atoms with Crippen LogP contribution in [0.25, 0.3) is 39.0 Å². The van der Waals surface area contributed by atoms with E-state index in [9.17, 15) is 0 Å². The van der Waals surface area contributed by atoms with Crippen molar-refractivity contribution in [1.29, 1.82) is 0 Å². The molecule has 3 aromatic heterocycles. The summed E-state index contributed by atoms with van der Waals surface area (Å²) in [7, 11) is 4.20. The standard InChI is InChI=1S/C43H44N7O/c1-42(2,3)40-44-39(45-41(46-40)43(4,5)6)32-25-31-30-18-9-10-19-33(30)50(38-22-13-14-23-47(38)7)36(31)26-37(32)51-29-17-15-16-28(24-29)49-27-48(8)34-20-11-12-21-35(34)49/h9-26H,27H2,1-8H3/q+1. The smallest absolute Gasteiger partial charge is 0.286 e. The van der Waals surface area contributed by atoms with Gasteiger partial charge in [0.2, 0.25) is 0 Å². The van der Waals surface area contributed by atoms with Crippen LogP contribution >= 0.6 is 0 Å². The highest BCUT2D eigenvalue weighted by Crippen LogP contribution is 2.43. The van der Waals surface area contributed by atoms with Crippen molar-refractivity contribution in [3.05, 3.63) is 121 Å². The van der Waals surface area contributed by atoms with Gasteiger partial charge in [-0.2, -0.15) is 4.57 Å². The predicted molar refractivity (Wildman–Crippen MR) is 207 cm³/mol. The van der Waals surface area contributed by atoms with E-state index in [0.717, 1.165) is 62.9 Å². The molecule has 8 rings (SSSR count). The van der Waals surface area contributed by atoms with Crippen LogP contribution in [0.1, 0.15) is 53.2 Å². The first-order valence-electron chi connectivity index (χ1n) is 17.5. The fourth-order valence-corrected chi connectivity index (χ4v) is 6.86. The molecule has 8 heteroatoms. The summed E-state index contributed by atoms with van der Waals surface area (Å²) in [6, 6.07) is 36.0. The molecular formula is C43H44N7O+. The highest BCUT2D eigenvalue weighted by molar-refractivity contribution is 6.11. The Bertz CT molecular complexity index is 2420. The minimum Gasteiger partial charge on any atom is -0.456 e. The molecule has 256 valence electrons. The molecule has 51 heavy (non-hydrogen) atoms. The number of aromatic nitrogens is 5. The van der Waals surface area contributed by atoms with Crippen LogP contribution in [0.15, 0.2) is 109 Å². The third-order valence-electron chi connectivity index (χ3n) is 9.54. The van der Waals surface area contributed by atoms with E-state index in [4.69, 9.17) is 19.7 Å². The molecule has 0 amide bonds. The average molecular weight is 675 g/mol. The first-order valence-corrected chi connectivity index (χ1v) is 17.5. The topological polar surface area (TPSA) is 63.2 Å². The lowest BCUT2D eigenvalue weighted by Crippen LogP contribution is -2.32. The Morgan fingerprint density at radius 2 is 1.35 bits per heavy atom. The van der Waals surface area contributed by atoms with E-state index in [2.05, 4.69) is 172 Å². The number of rotatable bonds is 5. The maximum absolute atomic E-state index is 6.99. The summed E-state index contributed by atoms with van der Waals surface area (Å²) in [5.74, 6) is 4.56. The second-order valence-electron chi connectivity index (χ2n) is 15.5. The van der Waals surface area contributed by atoms with Gasteiger partial charge in [-0.3, -0.25) is 0 Å². The van der Waals surface area contributed by atoms with Gasteiger partial charge in [-0.15, -0.1) is 0 Å². The number of fused-ring (bicyclic) bond motifs is 4. The predicted octanol–water partition coefficient (Wildman–Crippen LogP) is 9.39. The summed E-state index contributed by atoms with van der Waals surface area (Å²) in [5.41, 5.74) is 5.83. The molecular weight excluding hydrogens is 631 g/mol. The van der Waals surface area contributed by atoms with Crippen molar-refractivity contribution in [1.82, 2.24) is 19.5 Å². The monoisotopic (exact) mass is 674 g/mol. The zero-order valence-corrected chi connectivity index (χ0v) is 30.6. The van der Waals surface area contributed by atoms with Gasteiger partial charge in [0.1, 0.15) is 34.2 Å². The van der Waals surface area contributed by atoms with E-state index in [1.165, 1.54) is 11.4 Å². The van der Waals surface area contributed by atoms with Crippen molar-refractivity contribution in [2.75, 3.05) is 23.5 Å². The molecule has 1 aliphatic rings. The van der Waals surface area contributed by atoms with Crippen LogP contribution in [0.4, 0.5) is 17.1 Å². The summed E-state index contributed by atoms with van der Waals surface area (Å²) in [6.07, 6.45) is 2.08. The molecule has 0 saturated heterocycles. The highest BCUT2D eigenvalue weighted by Gasteiger charge is 2.29. The number of benzene rings is 4. The van der Waals surface area contributed by atoms with Crippen LogP contribution in [-0.2, 0) is 17.9 Å². The largest absolute Gasteiger partial charge is 0.456 e. The molecule has 0 aliphatic carbocycles. The lowest BCUT2D eigenvalue weighted by molar-refractivity contribution is -0.665. The summed E-state index contributed by atoms with van der Waals surface area (Å²) < 4.78 is 11.4. The van der Waals surface area contributed by atoms with Crippen molar-refractivity contribution in [2.24, 2.45) is 7.05 Å². The van der Waals surface area contributed by atoms with Crippen LogP contribution < -0.4 is 19.1 Å². The second kappa shape index (κ2) is 11.9. The van der Waals surface area contributed by atoms with Crippen LogP contribution in [0.3, 0.4) is 0 Å². The maximum Gasteiger partial charge on any atom is 0.286 e. The molecule has 0 spiro atoms. The van der Waals surface area contributed by atoms with E-state index in [1.54, 1.807) is 0 Å². The van der Waals surface area contributed by atoms with Gasteiger partial charge in [-0.25, -0.2) is 19.5 Å².